The Morgan fingerprint density at radius 3 is 1.10 bits per heavy atom. The van der Waals surface area contributed by atoms with E-state index in [0.717, 1.165) is 122 Å². The summed E-state index contributed by atoms with van der Waals surface area (Å²) in [5, 5.41) is 0. The molecule has 0 aliphatic carbocycles. The van der Waals surface area contributed by atoms with Crippen molar-refractivity contribution in [1.29, 1.82) is 0 Å². The summed E-state index contributed by atoms with van der Waals surface area (Å²) >= 11 is 0. The molecule has 0 radical (unpaired) electrons. The molecule has 0 N–H and O–H groups in total. The van der Waals surface area contributed by atoms with Crippen LogP contribution in [0.5, 0.6) is 0 Å². The van der Waals surface area contributed by atoms with E-state index in [0.29, 0.717) is 56.8 Å². The maximum absolute atomic E-state index is 12.9. The van der Waals surface area contributed by atoms with Gasteiger partial charge in [0.15, 0.2) is 0 Å². The predicted octanol–water partition coefficient (Wildman–Crippen LogP) is 15.5. The molecule has 0 aliphatic heterocycles. The van der Waals surface area contributed by atoms with Gasteiger partial charge in [0.25, 0.3) is 0 Å². The number of nitrogens with zero attached hydrogens (tertiary/aromatic N) is 1. The molecule has 7 nitrogen and oxygen atoms in total. The van der Waals surface area contributed by atoms with E-state index in [1.54, 1.807) is 0 Å². The summed E-state index contributed by atoms with van der Waals surface area (Å²) in [6.45, 7) is 18.3. The van der Waals surface area contributed by atoms with Crippen molar-refractivity contribution in [2.24, 2.45) is 17.8 Å². The molecule has 0 fully saturated rings. The largest absolute Gasteiger partial charge is 0.466 e. The van der Waals surface area contributed by atoms with E-state index in [9.17, 15) is 14.4 Å². The molecule has 0 saturated carbocycles. The van der Waals surface area contributed by atoms with Crippen molar-refractivity contribution in [3.8, 4) is 0 Å². The Morgan fingerprint density at radius 2 is 0.700 bits per heavy atom. The zero-order valence-corrected chi connectivity index (χ0v) is 41.1. The van der Waals surface area contributed by atoms with Crippen LogP contribution in [0.2, 0.25) is 0 Å². The van der Waals surface area contributed by atoms with Crippen molar-refractivity contribution in [2.75, 3.05) is 39.5 Å². The van der Waals surface area contributed by atoms with E-state index in [1.807, 2.05) is 0 Å². The quantitative estimate of drug-likeness (QED) is 0.0343. The fourth-order valence-corrected chi connectivity index (χ4v) is 8.69. The monoisotopic (exact) mass is 850 g/mol. The minimum absolute atomic E-state index is 0.0304. The maximum Gasteiger partial charge on any atom is 0.306 e. The van der Waals surface area contributed by atoms with Gasteiger partial charge in [-0.05, 0) is 88.8 Å². The van der Waals surface area contributed by atoms with E-state index in [-0.39, 0.29) is 17.9 Å². The molecule has 0 aromatic rings. The second-order valence-corrected chi connectivity index (χ2v) is 18.4. The van der Waals surface area contributed by atoms with E-state index in [1.165, 1.54) is 103 Å². The Balaban J connectivity index is 4.51. The Hall–Kier alpha value is -1.63. The molecule has 60 heavy (non-hydrogen) atoms. The van der Waals surface area contributed by atoms with Crippen LogP contribution in [0.1, 0.15) is 266 Å². The average Bonchev–Trinajstić information content (AvgIpc) is 3.24. The molecule has 0 unspecified atom stereocenters. The average molecular weight is 850 g/mol. The molecule has 356 valence electrons. The number of esters is 3. The summed E-state index contributed by atoms with van der Waals surface area (Å²) in [6.07, 6.45) is 38.8. The van der Waals surface area contributed by atoms with Crippen LogP contribution in [0.25, 0.3) is 0 Å². The van der Waals surface area contributed by atoms with Gasteiger partial charge in [-0.25, -0.2) is 0 Å². The van der Waals surface area contributed by atoms with E-state index in [4.69, 9.17) is 14.2 Å². The van der Waals surface area contributed by atoms with Gasteiger partial charge in [0.05, 0.1) is 19.8 Å². The van der Waals surface area contributed by atoms with Gasteiger partial charge >= 0.3 is 17.9 Å². The zero-order chi connectivity index (χ0) is 44.2. The first-order chi connectivity index (χ1) is 29.3. The lowest BCUT2D eigenvalue weighted by Crippen LogP contribution is -2.24. The lowest BCUT2D eigenvalue weighted by molar-refractivity contribution is -0.145. The number of carbonyl (C=O) groups excluding carboxylic acids is 3. The first-order valence-corrected chi connectivity index (χ1v) is 26.5. The molecule has 0 bridgehead atoms. The summed E-state index contributed by atoms with van der Waals surface area (Å²) in [7, 11) is 0. The van der Waals surface area contributed by atoms with Crippen molar-refractivity contribution in [1.82, 2.24) is 4.90 Å². The van der Waals surface area contributed by atoms with Gasteiger partial charge in [0.2, 0.25) is 0 Å². The molecule has 7 heteroatoms. The van der Waals surface area contributed by atoms with Gasteiger partial charge in [0.1, 0.15) is 0 Å². The SMILES string of the molecule is CCCCCC(CCCCC)CCOC(=O)CCCCCCCC(CCCCCCCC(=O)OCCC(CCCCC)CCCCC)CC(=O)OCCCCN(CC)CC. The third-order valence-corrected chi connectivity index (χ3v) is 12.9. The minimum atomic E-state index is -0.0404. The number of unbranched alkanes of at least 4 members (excludes halogenated alkanes) is 17. The fourth-order valence-electron chi connectivity index (χ4n) is 8.69. The number of ether oxygens (including phenoxy) is 3. The standard InChI is InChI=1S/C53H103NO6/c1-7-13-23-33-48(34-24-14-8-2)41-45-59-51(55)39-29-21-17-19-27-37-50(47-53(57)58-44-32-31-43-54(11-5)12-6)38-28-20-18-22-30-40-52(56)60-46-42-49(35-25-15-9-3)36-26-16-10-4/h48-50H,7-47H2,1-6H3. The van der Waals surface area contributed by atoms with Crippen molar-refractivity contribution >= 4 is 17.9 Å². The van der Waals surface area contributed by atoms with Crippen LogP contribution in [0, 0.1) is 17.8 Å². The van der Waals surface area contributed by atoms with E-state index >= 15 is 0 Å². The maximum atomic E-state index is 12.9. The minimum Gasteiger partial charge on any atom is -0.466 e. The van der Waals surface area contributed by atoms with Crippen LogP contribution >= 0.6 is 0 Å². The Kier molecular flexibility index (Phi) is 44.2. The highest BCUT2D eigenvalue weighted by molar-refractivity contribution is 5.70. The van der Waals surface area contributed by atoms with Crippen LogP contribution in [0.4, 0.5) is 0 Å². The third-order valence-electron chi connectivity index (χ3n) is 12.9. The van der Waals surface area contributed by atoms with Crippen LogP contribution in [-0.4, -0.2) is 62.3 Å². The molecular formula is C53H103NO6. The van der Waals surface area contributed by atoms with Crippen LogP contribution in [0.15, 0.2) is 0 Å². The topological polar surface area (TPSA) is 82.1 Å². The van der Waals surface area contributed by atoms with Crippen LogP contribution in [0.3, 0.4) is 0 Å². The fraction of sp³-hybridized carbons (Fsp3) is 0.943. The molecular weight excluding hydrogens is 747 g/mol. The number of hydrogen-bond acceptors (Lipinski definition) is 7. The van der Waals surface area contributed by atoms with Crippen molar-refractivity contribution < 1.29 is 28.6 Å². The second-order valence-electron chi connectivity index (χ2n) is 18.4. The zero-order valence-electron chi connectivity index (χ0n) is 41.1. The molecule has 0 aliphatic rings. The molecule has 0 rings (SSSR count). The van der Waals surface area contributed by atoms with Crippen molar-refractivity contribution in [2.45, 2.75) is 266 Å². The van der Waals surface area contributed by atoms with Gasteiger partial charge in [-0.1, -0.05) is 196 Å². The first-order valence-electron chi connectivity index (χ1n) is 26.5. The normalized spacial score (nSPS) is 11.7. The molecule has 0 heterocycles. The Labute approximate surface area is 373 Å². The second kappa shape index (κ2) is 45.4. The van der Waals surface area contributed by atoms with Crippen molar-refractivity contribution in [3.63, 3.8) is 0 Å². The van der Waals surface area contributed by atoms with Gasteiger partial charge in [-0.15, -0.1) is 0 Å². The highest BCUT2D eigenvalue weighted by Gasteiger charge is 2.16. The molecule has 0 aromatic carbocycles. The van der Waals surface area contributed by atoms with Crippen LogP contribution < -0.4 is 0 Å². The molecule has 0 amide bonds. The van der Waals surface area contributed by atoms with Crippen LogP contribution in [-0.2, 0) is 28.6 Å². The van der Waals surface area contributed by atoms with Gasteiger partial charge in [-0.3, -0.25) is 14.4 Å². The Bertz CT molecular complexity index is 862. The van der Waals surface area contributed by atoms with Crippen molar-refractivity contribution in [3.05, 3.63) is 0 Å². The summed E-state index contributed by atoms with van der Waals surface area (Å²) < 4.78 is 17.0. The van der Waals surface area contributed by atoms with E-state index in [2.05, 4.69) is 46.4 Å². The molecule has 0 atom stereocenters. The number of rotatable bonds is 47. The summed E-state index contributed by atoms with van der Waals surface area (Å²) in [5.74, 6) is 1.65. The molecule has 0 spiro atoms. The Morgan fingerprint density at radius 1 is 0.350 bits per heavy atom. The van der Waals surface area contributed by atoms with E-state index < -0.39 is 0 Å². The summed E-state index contributed by atoms with van der Waals surface area (Å²) in [6, 6.07) is 0. The number of hydrogen-bond donors (Lipinski definition) is 0. The van der Waals surface area contributed by atoms with Gasteiger partial charge < -0.3 is 19.1 Å². The summed E-state index contributed by atoms with van der Waals surface area (Å²) in [4.78, 5) is 40.2. The third kappa shape index (κ3) is 39.2. The number of carbonyl (C=O) groups is 3. The first kappa shape index (κ1) is 58.4. The van der Waals surface area contributed by atoms with Gasteiger partial charge in [0, 0.05) is 19.3 Å². The lowest BCUT2D eigenvalue weighted by Gasteiger charge is -2.18. The highest BCUT2D eigenvalue weighted by atomic mass is 16.5. The summed E-state index contributed by atoms with van der Waals surface area (Å²) in [5.41, 5.74) is 0. The molecule has 0 aromatic heterocycles. The predicted molar refractivity (Wildman–Crippen MR) is 255 cm³/mol. The van der Waals surface area contributed by atoms with Gasteiger partial charge in [-0.2, -0.15) is 0 Å². The lowest BCUT2D eigenvalue weighted by atomic mass is 9.91. The molecule has 0 saturated heterocycles. The smallest absolute Gasteiger partial charge is 0.306 e. The highest BCUT2D eigenvalue weighted by Crippen LogP contribution is 2.25.